The second-order valence-electron chi connectivity index (χ2n) is 7.69. The van der Waals surface area contributed by atoms with Gasteiger partial charge in [0.05, 0.1) is 13.7 Å². The standard InChI is InChI=1S/C24H22ClN3O2/c1-30-17-11-7-15(8-12-17)14-28-24-19(5-3-13-26-24)22(27-28)23(29)21-18(16-9-10-16)4-2-6-20(21)25/h2-8,11-13,16,23,29H,9-10,14H2,1H3. The number of hydrogen-bond donors (Lipinski definition) is 1. The highest BCUT2D eigenvalue weighted by Crippen LogP contribution is 2.46. The maximum Gasteiger partial charge on any atom is 0.158 e. The quantitative estimate of drug-likeness (QED) is 0.472. The Morgan fingerprint density at radius 2 is 1.93 bits per heavy atom. The summed E-state index contributed by atoms with van der Waals surface area (Å²) in [6, 6.07) is 17.5. The van der Waals surface area contributed by atoms with Gasteiger partial charge in [-0.25, -0.2) is 9.67 Å². The van der Waals surface area contributed by atoms with Crippen LogP contribution >= 0.6 is 11.6 Å². The zero-order valence-corrected chi connectivity index (χ0v) is 17.4. The van der Waals surface area contributed by atoms with Gasteiger partial charge < -0.3 is 9.84 Å². The SMILES string of the molecule is COc1ccc(Cn2nc(C(O)c3c(Cl)cccc3C3CC3)c3cccnc32)cc1. The number of pyridine rings is 1. The number of fused-ring (bicyclic) bond motifs is 1. The molecule has 0 bridgehead atoms. The molecule has 2 aromatic heterocycles. The highest BCUT2D eigenvalue weighted by Gasteiger charge is 2.31. The summed E-state index contributed by atoms with van der Waals surface area (Å²) in [4.78, 5) is 4.53. The number of hydrogen-bond acceptors (Lipinski definition) is 4. The fourth-order valence-electron chi connectivity index (χ4n) is 3.98. The van der Waals surface area contributed by atoms with Crippen LogP contribution < -0.4 is 4.74 Å². The lowest BCUT2D eigenvalue weighted by Crippen LogP contribution is -2.08. The Labute approximate surface area is 179 Å². The molecule has 0 amide bonds. The molecule has 5 nitrogen and oxygen atoms in total. The third-order valence-corrected chi connectivity index (χ3v) is 5.99. The molecule has 1 fully saturated rings. The van der Waals surface area contributed by atoms with Crippen LogP contribution in [0.3, 0.4) is 0 Å². The van der Waals surface area contributed by atoms with Crippen LogP contribution in [0.1, 0.15) is 47.2 Å². The van der Waals surface area contributed by atoms with Crippen molar-refractivity contribution in [2.45, 2.75) is 31.4 Å². The topological polar surface area (TPSA) is 60.2 Å². The van der Waals surface area contributed by atoms with Gasteiger partial charge in [-0.3, -0.25) is 0 Å². The molecular weight excluding hydrogens is 398 g/mol. The molecule has 30 heavy (non-hydrogen) atoms. The fraction of sp³-hybridized carbons (Fsp3) is 0.250. The van der Waals surface area contributed by atoms with Crippen molar-refractivity contribution in [1.82, 2.24) is 14.8 Å². The van der Waals surface area contributed by atoms with Crippen molar-refractivity contribution in [2.75, 3.05) is 7.11 Å². The predicted octanol–water partition coefficient (Wildman–Crippen LogP) is 5.10. The zero-order chi connectivity index (χ0) is 20.7. The van der Waals surface area contributed by atoms with Crippen LogP contribution in [-0.2, 0) is 6.54 Å². The maximum absolute atomic E-state index is 11.4. The minimum Gasteiger partial charge on any atom is -0.497 e. The average Bonchev–Trinajstić information content (AvgIpc) is 3.56. The number of aliphatic hydroxyl groups excluding tert-OH is 1. The Morgan fingerprint density at radius 3 is 2.67 bits per heavy atom. The number of aliphatic hydroxyl groups is 1. The molecule has 1 unspecified atom stereocenters. The Balaban J connectivity index is 1.57. The highest BCUT2D eigenvalue weighted by molar-refractivity contribution is 6.31. The van der Waals surface area contributed by atoms with E-state index in [9.17, 15) is 5.11 Å². The zero-order valence-electron chi connectivity index (χ0n) is 16.6. The van der Waals surface area contributed by atoms with Crippen molar-refractivity contribution in [3.05, 3.63) is 88.2 Å². The van der Waals surface area contributed by atoms with Crippen LogP contribution in [0.2, 0.25) is 5.02 Å². The molecule has 0 radical (unpaired) electrons. The molecule has 0 saturated heterocycles. The second-order valence-corrected chi connectivity index (χ2v) is 8.09. The van der Waals surface area contributed by atoms with Gasteiger partial charge in [0.25, 0.3) is 0 Å². The van der Waals surface area contributed by atoms with Crippen molar-refractivity contribution < 1.29 is 9.84 Å². The lowest BCUT2D eigenvalue weighted by atomic mass is 9.96. The molecule has 4 aromatic rings. The third-order valence-electron chi connectivity index (χ3n) is 5.66. The van der Waals surface area contributed by atoms with Crippen LogP contribution in [-0.4, -0.2) is 27.0 Å². The number of nitrogens with zero attached hydrogens (tertiary/aromatic N) is 3. The van der Waals surface area contributed by atoms with Crippen LogP contribution in [0.4, 0.5) is 0 Å². The Hall–Kier alpha value is -2.89. The molecule has 5 rings (SSSR count). The van der Waals surface area contributed by atoms with Gasteiger partial charge in [-0.15, -0.1) is 0 Å². The van der Waals surface area contributed by atoms with Gasteiger partial charge in [-0.05, 0) is 60.2 Å². The summed E-state index contributed by atoms with van der Waals surface area (Å²) in [6.45, 7) is 0.544. The first kappa shape index (κ1) is 19.1. The predicted molar refractivity (Wildman–Crippen MR) is 117 cm³/mol. The number of rotatable bonds is 6. The Kier molecular flexibility index (Phi) is 4.93. The van der Waals surface area contributed by atoms with E-state index in [2.05, 4.69) is 11.1 Å². The molecule has 6 heteroatoms. The third kappa shape index (κ3) is 3.44. The van der Waals surface area contributed by atoms with Crippen LogP contribution in [0.5, 0.6) is 5.75 Å². The van der Waals surface area contributed by atoms with E-state index in [1.165, 1.54) is 0 Å². The normalized spacial score (nSPS) is 14.8. The minimum atomic E-state index is -0.905. The van der Waals surface area contributed by atoms with E-state index >= 15 is 0 Å². The lowest BCUT2D eigenvalue weighted by molar-refractivity contribution is 0.214. The minimum absolute atomic E-state index is 0.471. The van der Waals surface area contributed by atoms with E-state index < -0.39 is 6.10 Å². The molecule has 1 atom stereocenters. The molecule has 0 aliphatic heterocycles. The fourth-order valence-corrected chi connectivity index (χ4v) is 4.26. The van der Waals surface area contributed by atoms with E-state index in [0.29, 0.717) is 23.2 Å². The van der Waals surface area contributed by atoms with E-state index in [0.717, 1.165) is 46.3 Å². The number of methoxy groups -OCH3 is 1. The number of benzene rings is 2. The van der Waals surface area contributed by atoms with Gasteiger partial charge in [0.2, 0.25) is 0 Å². The molecule has 1 aliphatic rings. The number of halogens is 1. The largest absolute Gasteiger partial charge is 0.497 e. The smallest absolute Gasteiger partial charge is 0.158 e. The van der Waals surface area contributed by atoms with Gasteiger partial charge in [0.15, 0.2) is 5.65 Å². The van der Waals surface area contributed by atoms with Gasteiger partial charge >= 0.3 is 0 Å². The molecule has 1 aliphatic carbocycles. The van der Waals surface area contributed by atoms with Crippen molar-refractivity contribution >= 4 is 22.6 Å². The monoisotopic (exact) mass is 419 g/mol. The van der Waals surface area contributed by atoms with Gasteiger partial charge in [0.1, 0.15) is 17.5 Å². The first-order valence-corrected chi connectivity index (χ1v) is 10.4. The van der Waals surface area contributed by atoms with Gasteiger partial charge in [-0.2, -0.15) is 5.10 Å². The molecular formula is C24H22ClN3O2. The van der Waals surface area contributed by atoms with Crippen molar-refractivity contribution in [3.63, 3.8) is 0 Å². The van der Waals surface area contributed by atoms with Crippen molar-refractivity contribution in [3.8, 4) is 5.75 Å². The summed E-state index contributed by atoms with van der Waals surface area (Å²) in [5.41, 5.74) is 4.28. The molecule has 2 aromatic carbocycles. The molecule has 1 N–H and O–H groups in total. The maximum atomic E-state index is 11.4. The summed E-state index contributed by atoms with van der Waals surface area (Å²) < 4.78 is 7.08. The second kappa shape index (κ2) is 7.74. The van der Waals surface area contributed by atoms with Crippen LogP contribution in [0, 0.1) is 0 Å². The number of ether oxygens (including phenoxy) is 1. The summed E-state index contributed by atoms with van der Waals surface area (Å²) in [7, 11) is 1.65. The molecule has 2 heterocycles. The molecule has 0 spiro atoms. The average molecular weight is 420 g/mol. The highest BCUT2D eigenvalue weighted by atomic mass is 35.5. The lowest BCUT2D eigenvalue weighted by Gasteiger charge is -2.16. The van der Waals surface area contributed by atoms with E-state index in [1.807, 2.05) is 53.2 Å². The van der Waals surface area contributed by atoms with E-state index in [1.54, 1.807) is 13.3 Å². The molecule has 152 valence electrons. The van der Waals surface area contributed by atoms with Crippen LogP contribution in [0.15, 0.2) is 60.8 Å². The summed E-state index contributed by atoms with van der Waals surface area (Å²) in [5.74, 6) is 1.28. The van der Waals surface area contributed by atoms with Gasteiger partial charge in [-0.1, -0.05) is 35.9 Å². The Morgan fingerprint density at radius 1 is 1.13 bits per heavy atom. The van der Waals surface area contributed by atoms with E-state index in [4.69, 9.17) is 21.4 Å². The summed E-state index contributed by atoms with van der Waals surface area (Å²) in [5, 5.41) is 17.6. The number of aromatic nitrogens is 3. The van der Waals surface area contributed by atoms with Gasteiger partial charge in [0, 0.05) is 22.2 Å². The summed E-state index contributed by atoms with van der Waals surface area (Å²) in [6.07, 6.45) is 3.11. The Bertz CT molecular complexity index is 1200. The van der Waals surface area contributed by atoms with Crippen molar-refractivity contribution in [2.24, 2.45) is 0 Å². The van der Waals surface area contributed by atoms with Crippen LogP contribution in [0.25, 0.3) is 11.0 Å². The summed E-state index contributed by atoms with van der Waals surface area (Å²) >= 11 is 6.54. The van der Waals surface area contributed by atoms with E-state index in [-0.39, 0.29) is 0 Å². The molecule has 1 saturated carbocycles. The first-order valence-electron chi connectivity index (χ1n) is 10.1. The first-order chi connectivity index (χ1) is 14.7. The van der Waals surface area contributed by atoms with Crippen molar-refractivity contribution in [1.29, 1.82) is 0 Å².